The van der Waals surface area contributed by atoms with E-state index in [2.05, 4.69) is 16.8 Å². The third-order valence-electron chi connectivity index (χ3n) is 3.90. The van der Waals surface area contributed by atoms with E-state index in [1.807, 2.05) is 18.2 Å². The number of rotatable bonds is 2. The minimum absolute atomic E-state index is 0.223. The maximum Gasteiger partial charge on any atom is 0.298 e. The Balaban J connectivity index is 1.90. The monoisotopic (exact) mass is 261 g/mol. The number of hydrogen-bond acceptors (Lipinski definition) is 5. The third kappa shape index (κ3) is 2.14. The highest BCUT2D eigenvalue weighted by atomic mass is 16.5. The fourth-order valence-electron chi connectivity index (χ4n) is 2.61. The number of fused-ring (bicyclic) bond motifs is 1. The van der Waals surface area contributed by atoms with Gasteiger partial charge in [-0.15, -0.1) is 0 Å². The molecule has 1 saturated heterocycles. The molecular weight excluding hydrogens is 242 g/mol. The van der Waals surface area contributed by atoms with Gasteiger partial charge in [-0.1, -0.05) is 13.0 Å². The van der Waals surface area contributed by atoms with Crippen LogP contribution in [-0.4, -0.2) is 31.3 Å². The van der Waals surface area contributed by atoms with Crippen LogP contribution in [0.25, 0.3) is 11.1 Å². The molecule has 0 saturated carbocycles. The van der Waals surface area contributed by atoms with Crippen LogP contribution >= 0.6 is 0 Å². The zero-order valence-corrected chi connectivity index (χ0v) is 11.3. The van der Waals surface area contributed by atoms with E-state index in [1.54, 1.807) is 7.11 Å². The number of piperidine rings is 1. The number of nitrogens with zero attached hydrogens (tertiary/aromatic N) is 2. The molecule has 19 heavy (non-hydrogen) atoms. The molecule has 1 fully saturated rings. The van der Waals surface area contributed by atoms with Gasteiger partial charge in [0.15, 0.2) is 5.58 Å². The second kappa shape index (κ2) is 4.74. The summed E-state index contributed by atoms with van der Waals surface area (Å²) in [5.74, 6) is 0.565. The SMILES string of the molecule is COC1CN(c2nc3c(N)cccc3o2)CCC1C. The number of nitrogen functional groups attached to an aromatic ring is 1. The van der Waals surface area contributed by atoms with Crippen molar-refractivity contribution in [2.24, 2.45) is 5.92 Å². The fourth-order valence-corrected chi connectivity index (χ4v) is 2.61. The first-order chi connectivity index (χ1) is 9.19. The molecule has 0 spiro atoms. The lowest BCUT2D eigenvalue weighted by atomic mass is 9.96. The minimum Gasteiger partial charge on any atom is -0.423 e. The molecule has 2 atom stereocenters. The van der Waals surface area contributed by atoms with E-state index in [9.17, 15) is 0 Å². The average molecular weight is 261 g/mol. The topological polar surface area (TPSA) is 64.5 Å². The van der Waals surface area contributed by atoms with Gasteiger partial charge in [0.05, 0.1) is 11.8 Å². The van der Waals surface area contributed by atoms with Crippen molar-refractivity contribution in [1.82, 2.24) is 4.98 Å². The quantitative estimate of drug-likeness (QED) is 0.840. The Morgan fingerprint density at radius 2 is 2.32 bits per heavy atom. The summed E-state index contributed by atoms with van der Waals surface area (Å²) in [5.41, 5.74) is 8.04. The molecule has 2 unspecified atom stereocenters. The van der Waals surface area contributed by atoms with Crippen LogP contribution < -0.4 is 10.6 Å². The van der Waals surface area contributed by atoms with E-state index in [4.69, 9.17) is 14.9 Å². The minimum atomic E-state index is 0.223. The fraction of sp³-hybridized carbons (Fsp3) is 0.500. The summed E-state index contributed by atoms with van der Waals surface area (Å²) in [7, 11) is 1.76. The van der Waals surface area contributed by atoms with Crippen molar-refractivity contribution in [3.8, 4) is 0 Å². The number of para-hydroxylation sites is 1. The Morgan fingerprint density at radius 1 is 1.47 bits per heavy atom. The number of oxazole rings is 1. The summed E-state index contributed by atoms with van der Waals surface area (Å²) in [5, 5.41) is 0. The predicted octanol–water partition coefficient (Wildman–Crippen LogP) is 2.27. The van der Waals surface area contributed by atoms with E-state index in [-0.39, 0.29) is 6.10 Å². The zero-order valence-electron chi connectivity index (χ0n) is 11.3. The molecule has 0 amide bonds. The number of aromatic nitrogens is 1. The molecule has 1 aliphatic rings. The Labute approximate surface area is 112 Å². The van der Waals surface area contributed by atoms with Crippen LogP contribution in [0.15, 0.2) is 22.6 Å². The van der Waals surface area contributed by atoms with Crippen molar-refractivity contribution >= 4 is 22.8 Å². The standard InChI is InChI=1S/C14H19N3O2/c1-9-6-7-17(8-12(9)18-2)14-16-13-10(15)4-3-5-11(13)19-14/h3-5,9,12H,6-8,15H2,1-2H3. The lowest BCUT2D eigenvalue weighted by Crippen LogP contribution is -2.44. The molecule has 1 aromatic carbocycles. The number of nitrogens with two attached hydrogens (primary N) is 1. The first kappa shape index (κ1) is 12.3. The Morgan fingerprint density at radius 3 is 3.05 bits per heavy atom. The first-order valence-electron chi connectivity index (χ1n) is 6.62. The normalized spacial score (nSPS) is 24.0. The number of anilines is 2. The molecule has 2 heterocycles. The van der Waals surface area contributed by atoms with Crippen LogP contribution in [-0.2, 0) is 4.74 Å². The Hall–Kier alpha value is -1.75. The van der Waals surface area contributed by atoms with Gasteiger partial charge < -0.3 is 19.8 Å². The van der Waals surface area contributed by atoms with Crippen molar-refractivity contribution in [2.45, 2.75) is 19.4 Å². The van der Waals surface area contributed by atoms with E-state index in [0.29, 0.717) is 17.6 Å². The Kier molecular flexibility index (Phi) is 3.06. The van der Waals surface area contributed by atoms with Crippen LogP contribution in [0.3, 0.4) is 0 Å². The summed E-state index contributed by atoms with van der Waals surface area (Å²) in [4.78, 5) is 6.64. The molecule has 2 N–H and O–H groups in total. The molecule has 3 rings (SSSR count). The van der Waals surface area contributed by atoms with Crippen molar-refractivity contribution in [3.05, 3.63) is 18.2 Å². The Bertz CT molecular complexity index is 581. The average Bonchev–Trinajstić information content (AvgIpc) is 2.85. The summed E-state index contributed by atoms with van der Waals surface area (Å²) in [6.45, 7) is 3.97. The highest BCUT2D eigenvalue weighted by Gasteiger charge is 2.28. The maximum atomic E-state index is 5.91. The second-order valence-corrected chi connectivity index (χ2v) is 5.18. The van der Waals surface area contributed by atoms with Crippen LogP contribution in [0, 0.1) is 5.92 Å². The van der Waals surface area contributed by atoms with Crippen molar-refractivity contribution in [1.29, 1.82) is 0 Å². The van der Waals surface area contributed by atoms with Gasteiger partial charge in [0.1, 0.15) is 5.52 Å². The van der Waals surface area contributed by atoms with E-state index in [0.717, 1.165) is 30.6 Å². The highest BCUT2D eigenvalue weighted by molar-refractivity contribution is 5.86. The lowest BCUT2D eigenvalue weighted by molar-refractivity contribution is 0.0486. The first-order valence-corrected chi connectivity index (χ1v) is 6.62. The number of methoxy groups -OCH3 is 1. The van der Waals surface area contributed by atoms with Crippen LogP contribution in [0.2, 0.25) is 0 Å². The number of benzene rings is 1. The molecule has 1 aromatic heterocycles. The largest absolute Gasteiger partial charge is 0.423 e. The van der Waals surface area contributed by atoms with Gasteiger partial charge >= 0.3 is 0 Å². The summed E-state index contributed by atoms with van der Waals surface area (Å²) < 4.78 is 11.3. The van der Waals surface area contributed by atoms with Crippen molar-refractivity contribution < 1.29 is 9.15 Å². The van der Waals surface area contributed by atoms with Gasteiger partial charge in [-0.2, -0.15) is 4.98 Å². The highest BCUT2D eigenvalue weighted by Crippen LogP contribution is 2.29. The zero-order chi connectivity index (χ0) is 13.4. The van der Waals surface area contributed by atoms with Crippen LogP contribution in [0.1, 0.15) is 13.3 Å². The smallest absolute Gasteiger partial charge is 0.298 e. The molecular formula is C14H19N3O2. The van der Waals surface area contributed by atoms with Gasteiger partial charge in [-0.3, -0.25) is 0 Å². The molecule has 102 valence electrons. The lowest BCUT2D eigenvalue weighted by Gasteiger charge is -2.35. The van der Waals surface area contributed by atoms with E-state index >= 15 is 0 Å². The molecule has 0 radical (unpaired) electrons. The van der Waals surface area contributed by atoms with E-state index in [1.165, 1.54) is 0 Å². The van der Waals surface area contributed by atoms with Crippen LogP contribution in [0.4, 0.5) is 11.7 Å². The van der Waals surface area contributed by atoms with Crippen molar-refractivity contribution in [2.75, 3.05) is 30.8 Å². The van der Waals surface area contributed by atoms with Gasteiger partial charge in [0, 0.05) is 20.2 Å². The molecule has 0 bridgehead atoms. The number of hydrogen-bond donors (Lipinski definition) is 1. The molecule has 5 heteroatoms. The maximum absolute atomic E-state index is 5.91. The summed E-state index contributed by atoms with van der Waals surface area (Å²) in [6.07, 6.45) is 1.30. The van der Waals surface area contributed by atoms with Crippen molar-refractivity contribution in [3.63, 3.8) is 0 Å². The second-order valence-electron chi connectivity index (χ2n) is 5.18. The van der Waals surface area contributed by atoms with Gasteiger partial charge in [-0.05, 0) is 24.5 Å². The van der Waals surface area contributed by atoms with Gasteiger partial charge in [0.2, 0.25) is 0 Å². The molecule has 2 aromatic rings. The molecule has 5 nitrogen and oxygen atoms in total. The summed E-state index contributed by atoms with van der Waals surface area (Å²) >= 11 is 0. The summed E-state index contributed by atoms with van der Waals surface area (Å²) in [6, 6.07) is 6.25. The third-order valence-corrected chi connectivity index (χ3v) is 3.90. The molecule has 0 aliphatic carbocycles. The van der Waals surface area contributed by atoms with E-state index < -0.39 is 0 Å². The molecule has 1 aliphatic heterocycles. The predicted molar refractivity (Wildman–Crippen MR) is 75.2 cm³/mol. The van der Waals surface area contributed by atoms with Crippen LogP contribution in [0.5, 0.6) is 0 Å². The van der Waals surface area contributed by atoms with Gasteiger partial charge in [0.25, 0.3) is 6.01 Å². The number of ether oxygens (including phenoxy) is 1. The van der Waals surface area contributed by atoms with Gasteiger partial charge in [-0.25, -0.2) is 0 Å².